The van der Waals surface area contributed by atoms with Crippen LogP contribution >= 0.6 is 0 Å². The van der Waals surface area contributed by atoms with Gasteiger partial charge < -0.3 is 10.6 Å². The molecule has 1 unspecified atom stereocenters. The van der Waals surface area contributed by atoms with Crippen LogP contribution < -0.4 is 5.73 Å². The largest absolute Gasteiger partial charge is 0.335 e. The summed E-state index contributed by atoms with van der Waals surface area (Å²) in [7, 11) is -3.08. The molecule has 1 atom stereocenters. The van der Waals surface area contributed by atoms with Crippen LogP contribution in [0.2, 0.25) is 0 Å². The van der Waals surface area contributed by atoms with E-state index in [0.717, 1.165) is 31.9 Å². The zero-order chi connectivity index (χ0) is 14.5. The van der Waals surface area contributed by atoms with Gasteiger partial charge in [-0.3, -0.25) is 4.79 Å². The zero-order valence-corrected chi connectivity index (χ0v) is 12.4. The number of carbonyl (C=O) groups is 1. The van der Waals surface area contributed by atoms with Crippen molar-refractivity contribution >= 4 is 15.7 Å². The van der Waals surface area contributed by atoms with E-state index >= 15 is 0 Å². The van der Waals surface area contributed by atoms with Gasteiger partial charge in [0.25, 0.3) is 0 Å². The quantitative estimate of drug-likeness (QED) is 0.699. The lowest BCUT2D eigenvalue weighted by Gasteiger charge is -2.30. The van der Waals surface area contributed by atoms with Gasteiger partial charge in [-0.1, -0.05) is 18.9 Å². The molecular formula is C13H24N2O3S. The standard InChI is InChI=1S/C13H24N2O3S/c1-3-9-15(11-6-4-5-7-11)13(16)12(14)8-10-19(2,17)18/h3,11-12H,1,4-10,14H2,2H3. The fourth-order valence-electron chi connectivity index (χ4n) is 2.45. The molecule has 0 aromatic carbocycles. The average molecular weight is 288 g/mol. The molecule has 19 heavy (non-hydrogen) atoms. The van der Waals surface area contributed by atoms with Gasteiger partial charge in [-0.05, 0) is 19.3 Å². The molecule has 1 saturated carbocycles. The number of hydrogen-bond donors (Lipinski definition) is 1. The maximum atomic E-state index is 12.3. The molecule has 2 N–H and O–H groups in total. The molecule has 0 aromatic rings. The third-order valence-electron chi connectivity index (χ3n) is 3.49. The number of amides is 1. The van der Waals surface area contributed by atoms with Crippen LogP contribution in [0.4, 0.5) is 0 Å². The Morgan fingerprint density at radius 1 is 1.47 bits per heavy atom. The number of nitrogens with two attached hydrogens (primary N) is 1. The molecule has 6 heteroatoms. The van der Waals surface area contributed by atoms with Crippen molar-refractivity contribution in [3.63, 3.8) is 0 Å². The van der Waals surface area contributed by atoms with Gasteiger partial charge in [-0.15, -0.1) is 6.58 Å². The summed E-state index contributed by atoms with van der Waals surface area (Å²) in [5.41, 5.74) is 5.83. The van der Waals surface area contributed by atoms with Crippen LogP contribution in [-0.4, -0.2) is 49.9 Å². The van der Waals surface area contributed by atoms with E-state index in [0.29, 0.717) is 6.54 Å². The fourth-order valence-corrected chi connectivity index (χ4v) is 3.13. The molecule has 0 bridgehead atoms. The Bertz CT molecular complexity index is 414. The van der Waals surface area contributed by atoms with Crippen LogP contribution in [0.1, 0.15) is 32.1 Å². The van der Waals surface area contributed by atoms with Gasteiger partial charge in [-0.2, -0.15) is 0 Å². The number of carbonyl (C=O) groups excluding carboxylic acids is 1. The topological polar surface area (TPSA) is 80.5 Å². The SMILES string of the molecule is C=CCN(C(=O)C(N)CCS(C)(=O)=O)C1CCCC1. The van der Waals surface area contributed by atoms with Gasteiger partial charge in [0.15, 0.2) is 0 Å². The molecular weight excluding hydrogens is 264 g/mol. The molecule has 1 aliphatic rings. The maximum Gasteiger partial charge on any atom is 0.240 e. The van der Waals surface area contributed by atoms with E-state index in [1.165, 1.54) is 0 Å². The summed E-state index contributed by atoms with van der Waals surface area (Å²) in [6.45, 7) is 4.15. The minimum atomic E-state index is -3.08. The van der Waals surface area contributed by atoms with Gasteiger partial charge in [0.05, 0.1) is 11.8 Å². The molecule has 0 radical (unpaired) electrons. The molecule has 1 rings (SSSR count). The first kappa shape index (κ1) is 16.2. The molecule has 0 saturated heterocycles. The Balaban J connectivity index is 2.62. The molecule has 110 valence electrons. The molecule has 1 amide bonds. The monoisotopic (exact) mass is 288 g/mol. The summed E-state index contributed by atoms with van der Waals surface area (Å²) in [5, 5.41) is 0. The molecule has 0 aliphatic heterocycles. The summed E-state index contributed by atoms with van der Waals surface area (Å²) >= 11 is 0. The van der Waals surface area contributed by atoms with E-state index < -0.39 is 15.9 Å². The van der Waals surface area contributed by atoms with Gasteiger partial charge in [0.2, 0.25) is 5.91 Å². The van der Waals surface area contributed by atoms with Gasteiger partial charge in [0, 0.05) is 18.8 Å². The van der Waals surface area contributed by atoms with Crippen LogP contribution in [0.5, 0.6) is 0 Å². The lowest BCUT2D eigenvalue weighted by molar-refractivity contribution is -0.134. The van der Waals surface area contributed by atoms with Gasteiger partial charge in [0.1, 0.15) is 9.84 Å². The van der Waals surface area contributed by atoms with Crippen molar-refractivity contribution in [3.05, 3.63) is 12.7 Å². The molecule has 0 spiro atoms. The van der Waals surface area contributed by atoms with E-state index in [2.05, 4.69) is 6.58 Å². The predicted octanol–water partition coefficient (Wildman–Crippen LogP) is 0.706. The fraction of sp³-hybridized carbons (Fsp3) is 0.769. The summed E-state index contributed by atoms with van der Waals surface area (Å²) < 4.78 is 22.2. The molecule has 0 heterocycles. The first-order valence-corrected chi connectivity index (χ1v) is 8.76. The highest BCUT2D eigenvalue weighted by Gasteiger charge is 2.29. The second-order valence-corrected chi connectivity index (χ2v) is 7.50. The van der Waals surface area contributed by atoms with Gasteiger partial charge in [-0.25, -0.2) is 8.42 Å². The number of sulfone groups is 1. The number of hydrogen-bond acceptors (Lipinski definition) is 4. The van der Waals surface area contributed by atoms with E-state index in [4.69, 9.17) is 5.73 Å². The van der Waals surface area contributed by atoms with E-state index in [1.807, 2.05) is 0 Å². The van der Waals surface area contributed by atoms with Crippen molar-refractivity contribution in [1.82, 2.24) is 4.90 Å². The molecule has 5 nitrogen and oxygen atoms in total. The maximum absolute atomic E-state index is 12.3. The van der Waals surface area contributed by atoms with E-state index in [9.17, 15) is 13.2 Å². The Morgan fingerprint density at radius 2 is 2.05 bits per heavy atom. The van der Waals surface area contributed by atoms with E-state index in [-0.39, 0.29) is 24.1 Å². The second kappa shape index (κ2) is 7.05. The zero-order valence-electron chi connectivity index (χ0n) is 11.5. The van der Waals surface area contributed by atoms with Crippen molar-refractivity contribution in [2.75, 3.05) is 18.6 Å². The first-order valence-electron chi connectivity index (χ1n) is 6.70. The summed E-state index contributed by atoms with van der Waals surface area (Å²) in [4.78, 5) is 14.1. The first-order chi connectivity index (χ1) is 8.85. The Hall–Kier alpha value is -0.880. The van der Waals surface area contributed by atoms with Crippen molar-refractivity contribution < 1.29 is 13.2 Å². The minimum absolute atomic E-state index is 0.0491. The number of rotatable bonds is 7. The minimum Gasteiger partial charge on any atom is -0.335 e. The lowest BCUT2D eigenvalue weighted by atomic mass is 10.1. The lowest BCUT2D eigenvalue weighted by Crippen LogP contribution is -2.48. The summed E-state index contributed by atoms with van der Waals surface area (Å²) in [5.74, 6) is -0.206. The second-order valence-electron chi connectivity index (χ2n) is 5.24. The van der Waals surface area contributed by atoms with Crippen LogP contribution in [0, 0.1) is 0 Å². The highest BCUT2D eigenvalue weighted by molar-refractivity contribution is 7.90. The average Bonchev–Trinajstić information content (AvgIpc) is 2.84. The normalized spacial score (nSPS) is 18.2. The Kier molecular flexibility index (Phi) is 6.00. The Morgan fingerprint density at radius 3 is 2.53 bits per heavy atom. The van der Waals surface area contributed by atoms with Crippen molar-refractivity contribution in [1.29, 1.82) is 0 Å². The summed E-state index contributed by atoms with van der Waals surface area (Å²) in [6, 6.07) is -0.509. The smallest absolute Gasteiger partial charge is 0.240 e. The third kappa shape index (κ3) is 5.32. The van der Waals surface area contributed by atoms with Crippen LogP contribution in [0.25, 0.3) is 0 Å². The van der Waals surface area contributed by atoms with E-state index in [1.54, 1.807) is 11.0 Å². The molecule has 1 fully saturated rings. The van der Waals surface area contributed by atoms with Crippen LogP contribution in [-0.2, 0) is 14.6 Å². The van der Waals surface area contributed by atoms with Crippen LogP contribution in [0.15, 0.2) is 12.7 Å². The van der Waals surface area contributed by atoms with Crippen molar-refractivity contribution in [2.24, 2.45) is 5.73 Å². The van der Waals surface area contributed by atoms with Crippen molar-refractivity contribution in [2.45, 2.75) is 44.2 Å². The molecule has 1 aliphatic carbocycles. The molecule has 0 aromatic heterocycles. The summed E-state index contributed by atoms with van der Waals surface area (Å²) in [6.07, 6.45) is 7.28. The predicted molar refractivity (Wildman–Crippen MR) is 76.5 cm³/mol. The third-order valence-corrected chi connectivity index (χ3v) is 4.47. The van der Waals surface area contributed by atoms with Gasteiger partial charge >= 0.3 is 0 Å². The Labute approximate surface area is 115 Å². The highest BCUT2D eigenvalue weighted by Crippen LogP contribution is 2.24. The highest BCUT2D eigenvalue weighted by atomic mass is 32.2. The van der Waals surface area contributed by atoms with Crippen molar-refractivity contribution in [3.8, 4) is 0 Å². The number of nitrogens with zero attached hydrogens (tertiary/aromatic N) is 1. The van der Waals surface area contributed by atoms with Crippen LogP contribution in [0.3, 0.4) is 0 Å².